The van der Waals surface area contributed by atoms with Crippen molar-refractivity contribution in [1.29, 1.82) is 0 Å². The van der Waals surface area contributed by atoms with E-state index in [1.165, 1.54) is 0 Å². The second-order valence-corrected chi connectivity index (χ2v) is 3.49. The molecular formula is C2H6INSi. The van der Waals surface area contributed by atoms with E-state index in [1.54, 1.807) is 0 Å². The van der Waals surface area contributed by atoms with Gasteiger partial charge in [0, 0.05) is 0 Å². The van der Waals surface area contributed by atoms with Crippen LogP contribution in [0.25, 0.3) is 0 Å². The minimum absolute atomic E-state index is 0.918. The molecular weight excluding hydrogens is 193 g/mol. The molecule has 0 aromatic rings. The number of nitrogens with zero attached hydrogens (tertiary/aromatic N) is 1. The van der Waals surface area contributed by atoms with Gasteiger partial charge in [-0.15, -0.1) is 0 Å². The van der Waals surface area contributed by atoms with Gasteiger partial charge in [0.05, 0.1) is 0 Å². The van der Waals surface area contributed by atoms with Crippen molar-refractivity contribution in [1.82, 2.24) is 4.57 Å². The minimum atomic E-state index is 0.918. The Labute approximate surface area is 47.9 Å². The Morgan fingerprint density at radius 2 is 1.80 bits per heavy atom. The van der Waals surface area contributed by atoms with Gasteiger partial charge in [0.1, 0.15) is 0 Å². The summed E-state index contributed by atoms with van der Waals surface area (Å²) < 4.78 is 2.14. The third-order valence-electron chi connectivity index (χ3n) is 0.169. The first kappa shape index (κ1) is 5.91. The van der Waals surface area contributed by atoms with Crippen molar-refractivity contribution < 1.29 is 0 Å². The topological polar surface area (TPSA) is 3.24 Å². The molecule has 2 radical (unpaired) electrons. The van der Waals surface area contributed by atoms with Crippen LogP contribution in [0, 0.1) is 0 Å². The van der Waals surface area contributed by atoms with Gasteiger partial charge in [-0.25, -0.2) is 0 Å². The molecule has 0 aliphatic heterocycles. The van der Waals surface area contributed by atoms with Crippen LogP contribution in [0.3, 0.4) is 0 Å². The van der Waals surface area contributed by atoms with Gasteiger partial charge in [-0.3, -0.25) is 0 Å². The van der Waals surface area contributed by atoms with E-state index in [9.17, 15) is 0 Å². The largest absolute Gasteiger partial charge is 0.322 e. The molecule has 5 heavy (non-hydrogen) atoms. The van der Waals surface area contributed by atoms with Gasteiger partial charge in [0.2, 0.25) is 7.18 Å². The zero-order valence-electron chi connectivity index (χ0n) is 3.33. The summed E-state index contributed by atoms with van der Waals surface area (Å²) in [5.41, 5.74) is 0. The molecule has 0 atom stereocenters. The summed E-state index contributed by atoms with van der Waals surface area (Å²) in [6, 6.07) is 0. The van der Waals surface area contributed by atoms with Crippen LogP contribution in [0.2, 0.25) is 0 Å². The van der Waals surface area contributed by atoms with Gasteiger partial charge in [-0.1, -0.05) is 21.8 Å². The molecule has 0 saturated carbocycles. The van der Waals surface area contributed by atoms with Crippen molar-refractivity contribution in [2.75, 3.05) is 14.1 Å². The highest BCUT2D eigenvalue weighted by Gasteiger charge is 1.78. The fourth-order valence-electron chi connectivity index (χ4n) is 0. The molecule has 0 amide bonds. The zero-order chi connectivity index (χ0) is 4.28. The van der Waals surface area contributed by atoms with E-state index in [-0.39, 0.29) is 0 Å². The molecule has 1 nitrogen and oxygen atoms in total. The van der Waals surface area contributed by atoms with Gasteiger partial charge in [-0.2, -0.15) is 0 Å². The van der Waals surface area contributed by atoms with E-state index in [0.29, 0.717) is 0 Å². The number of rotatable bonds is 1. The van der Waals surface area contributed by atoms with E-state index in [0.717, 1.165) is 7.18 Å². The highest BCUT2D eigenvalue weighted by molar-refractivity contribution is 14.1. The third-order valence-corrected chi connectivity index (χ3v) is 3.40. The molecule has 30 valence electrons. The monoisotopic (exact) mass is 199 g/mol. The normalized spacial score (nSPS) is 9.60. The van der Waals surface area contributed by atoms with E-state index in [2.05, 4.69) is 40.5 Å². The minimum Gasteiger partial charge on any atom is -0.322 e. The van der Waals surface area contributed by atoms with Crippen LogP contribution >= 0.6 is 21.8 Å². The predicted molar refractivity (Wildman–Crippen MR) is 33.5 cm³/mol. The van der Waals surface area contributed by atoms with E-state index >= 15 is 0 Å². The molecule has 0 rings (SSSR count). The molecule has 0 fully saturated rings. The molecule has 0 saturated heterocycles. The third kappa shape index (κ3) is 4.91. The Morgan fingerprint density at radius 3 is 1.80 bits per heavy atom. The van der Waals surface area contributed by atoms with Crippen LogP contribution in [-0.4, -0.2) is 25.8 Å². The summed E-state index contributed by atoms with van der Waals surface area (Å²) >= 11 is 2.33. The number of hydrogen-bond acceptors (Lipinski definition) is 1. The summed E-state index contributed by atoms with van der Waals surface area (Å²) in [5, 5.41) is 0. The van der Waals surface area contributed by atoms with Crippen molar-refractivity contribution in [2.24, 2.45) is 0 Å². The summed E-state index contributed by atoms with van der Waals surface area (Å²) in [7, 11) is 5.04. The first-order chi connectivity index (χ1) is 2.27. The molecule has 0 bridgehead atoms. The Kier molecular flexibility index (Phi) is 3.67. The zero-order valence-corrected chi connectivity index (χ0v) is 6.48. The smallest absolute Gasteiger partial charge is 0.230 e. The van der Waals surface area contributed by atoms with Crippen molar-refractivity contribution in [3.05, 3.63) is 0 Å². The summed E-state index contributed by atoms with van der Waals surface area (Å²) in [6.07, 6.45) is 0. The lowest BCUT2D eigenvalue weighted by Crippen LogP contribution is -2.10. The van der Waals surface area contributed by atoms with E-state index < -0.39 is 0 Å². The SMILES string of the molecule is CN(C)[Si]I. The van der Waals surface area contributed by atoms with Crippen LogP contribution in [0.15, 0.2) is 0 Å². The maximum absolute atomic E-state index is 2.33. The van der Waals surface area contributed by atoms with Crippen LogP contribution < -0.4 is 0 Å². The molecule has 0 aliphatic carbocycles. The molecule has 0 heterocycles. The van der Waals surface area contributed by atoms with Gasteiger partial charge in [-0.05, 0) is 14.1 Å². The first-order valence-corrected chi connectivity index (χ1v) is 5.37. The van der Waals surface area contributed by atoms with Crippen molar-refractivity contribution in [2.45, 2.75) is 0 Å². The molecule has 0 aromatic heterocycles. The standard InChI is InChI=1S/C2H6INSi/c1-4(2)5-3/h1-2H3. The van der Waals surface area contributed by atoms with Crippen molar-refractivity contribution >= 4 is 29.0 Å². The second kappa shape index (κ2) is 3.11. The second-order valence-electron chi connectivity index (χ2n) is 0.979. The first-order valence-electron chi connectivity index (χ1n) is 1.31. The highest BCUT2D eigenvalue weighted by atomic mass is 127. The van der Waals surface area contributed by atoms with Crippen LogP contribution in [0.4, 0.5) is 0 Å². The Morgan fingerprint density at radius 1 is 1.60 bits per heavy atom. The Bertz CT molecular complexity index is 23.6. The van der Waals surface area contributed by atoms with Gasteiger partial charge in [0.15, 0.2) is 0 Å². The quantitative estimate of drug-likeness (QED) is 0.338. The summed E-state index contributed by atoms with van der Waals surface area (Å²) in [5.74, 6) is 0. The fraction of sp³-hybridized carbons (Fsp3) is 1.00. The average molecular weight is 199 g/mol. The average Bonchev–Trinajstić information content (AvgIpc) is 1.38. The predicted octanol–water partition coefficient (Wildman–Crippen LogP) is 0.517. The lowest BCUT2D eigenvalue weighted by atomic mass is 11.3. The molecule has 0 aromatic carbocycles. The lowest BCUT2D eigenvalue weighted by molar-refractivity contribution is 0.677. The van der Waals surface area contributed by atoms with Crippen LogP contribution in [0.5, 0.6) is 0 Å². The molecule has 0 spiro atoms. The van der Waals surface area contributed by atoms with Crippen molar-refractivity contribution in [3.8, 4) is 0 Å². The van der Waals surface area contributed by atoms with E-state index in [4.69, 9.17) is 0 Å². The number of hydrogen-bond donors (Lipinski definition) is 0. The molecule has 0 aliphatic rings. The Hall–Kier alpha value is 0.907. The summed E-state index contributed by atoms with van der Waals surface area (Å²) in [4.78, 5) is 0. The highest BCUT2D eigenvalue weighted by Crippen LogP contribution is 1.75. The fourth-order valence-corrected chi connectivity index (χ4v) is 0. The summed E-state index contributed by atoms with van der Waals surface area (Å²) in [6.45, 7) is 0. The van der Waals surface area contributed by atoms with E-state index in [1.807, 2.05) is 0 Å². The van der Waals surface area contributed by atoms with Gasteiger partial charge < -0.3 is 4.57 Å². The van der Waals surface area contributed by atoms with Crippen LogP contribution in [0.1, 0.15) is 0 Å². The molecule has 0 N–H and O–H groups in total. The molecule has 0 unspecified atom stereocenters. The maximum Gasteiger partial charge on any atom is 0.230 e. The number of halogens is 1. The van der Waals surface area contributed by atoms with Gasteiger partial charge in [0.25, 0.3) is 0 Å². The van der Waals surface area contributed by atoms with Gasteiger partial charge >= 0.3 is 0 Å². The van der Waals surface area contributed by atoms with Crippen molar-refractivity contribution in [3.63, 3.8) is 0 Å². The van der Waals surface area contributed by atoms with Crippen LogP contribution in [-0.2, 0) is 0 Å². The maximum atomic E-state index is 2.33. The molecule has 3 heteroatoms. The Balaban J connectivity index is 2.54. The lowest BCUT2D eigenvalue weighted by Gasteiger charge is -1.96.